The third kappa shape index (κ3) is 4.10. The maximum atomic E-state index is 11.5. The zero-order chi connectivity index (χ0) is 12.2. The highest BCUT2D eigenvalue weighted by Crippen LogP contribution is 2.24. The third-order valence-corrected chi connectivity index (χ3v) is 3.10. The van der Waals surface area contributed by atoms with Gasteiger partial charge in [0.15, 0.2) is 0 Å². The molecule has 16 heavy (non-hydrogen) atoms. The van der Waals surface area contributed by atoms with Gasteiger partial charge in [-0.2, -0.15) is 0 Å². The molecule has 0 radical (unpaired) electrons. The van der Waals surface area contributed by atoms with Gasteiger partial charge in [-0.3, -0.25) is 4.79 Å². The van der Waals surface area contributed by atoms with E-state index in [-0.39, 0.29) is 17.6 Å². The maximum Gasteiger partial charge on any atom is 0.223 e. The Morgan fingerprint density at radius 3 is 2.75 bits per heavy atom. The first-order valence-corrected chi connectivity index (χ1v) is 6.00. The van der Waals surface area contributed by atoms with Crippen LogP contribution in [0.25, 0.3) is 0 Å². The number of carbonyl (C=O) groups is 1. The van der Waals surface area contributed by atoms with Gasteiger partial charge in [-0.05, 0) is 26.7 Å². The van der Waals surface area contributed by atoms with E-state index in [1.807, 2.05) is 6.92 Å². The van der Waals surface area contributed by atoms with Gasteiger partial charge in [-0.25, -0.2) is 0 Å². The zero-order valence-electron chi connectivity index (χ0n) is 10.9. The van der Waals surface area contributed by atoms with Gasteiger partial charge < -0.3 is 15.0 Å². The van der Waals surface area contributed by atoms with Crippen LogP contribution < -0.4 is 5.32 Å². The fourth-order valence-corrected chi connectivity index (χ4v) is 1.88. The molecule has 1 fully saturated rings. The normalized spacial score (nSPS) is 26.8. The van der Waals surface area contributed by atoms with Gasteiger partial charge >= 0.3 is 0 Å². The molecule has 1 amide bonds. The Bertz CT molecular complexity index is 235. The third-order valence-electron chi connectivity index (χ3n) is 3.10. The molecule has 1 aliphatic heterocycles. The topological polar surface area (TPSA) is 41.6 Å². The minimum Gasteiger partial charge on any atom is -0.374 e. The Hall–Kier alpha value is -0.610. The predicted molar refractivity (Wildman–Crippen MR) is 64.4 cm³/mol. The second-order valence-corrected chi connectivity index (χ2v) is 5.18. The van der Waals surface area contributed by atoms with Crippen LogP contribution in [0.5, 0.6) is 0 Å². The molecular weight excluding hydrogens is 204 g/mol. The van der Waals surface area contributed by atoms with E-state index < -0.39 is 0 Å². The van der Waals surface area contributed by atoms with Gasteiger partial charge in [0.1, 0.15) is 0 Å². The van der Waals surface area contributed by atoms with Gasteiger partial charge in [0.25, 0.3) is 0 Å². The molecule has 1 heterocycles. The number of nitrogens with one attached hydrogen (secondary N) is 1. The highest BCUT2D eigenvalue weighted by molar-refractivity contribution is 5.76. The van der Waals surface area contributed by atoms with Crippen molar-refractivity contribution in [1.29, 1.82) is 0 Å². The molecule has 0 saturated carbocycles. The lowest BCUT2D eigenvalue weighted by molar-refractivity contribution is -0.129. The van der Waals surface area contributed by atoms with Crippen LogP contribution in [0, 0.1) is 0 Å². The molecule has 4 heteroatoms. The van der Waals surface area contributed by atoms with E-state index in [4.69, 9.17) is 4.74 Å². The van der Waals surface area contributed by atoms with Crippen molar-refractivity contribution in [2.24, 2.45) is 0 Å². The molecule has 0 aromatic heterocycles. The van der Waals surface area contributed by atoms with E-state index in [1.165, 1.54) is 0 Å². The summed E-state index contributed by atoms with van der Waals surface area (Å²) in [5, 5.41) is 3.38. The minimum atomic E-state index is -0.0323. The van der Waals surface area contributed by atoms with E-state index in [0.717, 1.165) is 26.0 Å². The van der Waals surface area contributed by atoms with Crippen LogP contribution in [-0.2, 0) is 9.53 Å². The number of hydrogen-bond donors (Lipinski definition) is 1. The lowest BCUT2D eigenvalue weighted by atomic mass is 10.0. The van der Waals surface area contributed by atoms with Crippen LogP contribution in [0.15, 0.2) is 0 Å². The van der Waals surface area contributed by atoms with Crippen LogP contribution in [0.3, 0.4) is 0 Å². The highest BCUT2D eigenvalue weighted by Gasteiger charge is 2.29. The molecule has 1 saturated heterocycles. The fraction of sp³-hybridized carbons (Fsp3) is 0.917. The summed E-state index contributed by atoms with van der Waals surface area (Å²) in [5.41, 5.74) is -0.0323. The predicted octanol–water partition coefficient (Wildman–Crippen LogP) is 1.01. The lowest BCUT2D eigenvalue weighted by Crippen LogP contribution is -2.42. The number of nitrogens with zero attached hydrogens (tertiary/aromatic N) is 1. The maximum absolute atomic E-state index is 11.5. The van der Waals surface area contributed by atoms with Crippen molar-refractivity contribution in [1.82, 2.24) is 10.2 Å². The molecule has 2 atom stereocenters. The second kappa shape index (κ2) is 5.64. The Morgan fingerprint density at radius 2 is 2.25 bits per heavy atom. The minimum absolute atomic E-state index is 0.0323. The molecule has 0 aromatic rings. The number of carbonyl (C=O) groups excluding carboxylic acids is 1. The lowest BCUT2D eigenvalue weighted by Gasteiger charge is -2.26. The summed E-state index contributed by atoms with van der Waals surface area (Å²) < 4.78 is 5.69. The molecule has 0 spiro atoms. The van der Waals surface area contributed by atoms with Crippen molar-refractivity contribution in [3.8, 4) is 0 Å². The highest BCUT2D eigenvalue weighted by atomic mass is 16.5. The van der Waals surface area contributed by atoms with Crippen molar-refractivity contribution >= 4 is 5.91 Å². The van der Waals surface area contributed by atoms with Crippen LogP contribution in [0.1, 0.15) is 33.1 Å². The molecule has 1 N–H and O–H groups in total. The van der Waals surface area contributed by atoms with E-state index >= 15 is 0 Å². The molecule has 0 bridgehead atoms. The van der Waals surface area contributed by atoms with Gasteiger partial charge in [0.2, 0.25) is 5.91 Å². The Labute approximate surface area is 98.3 Å². The summed E-state index contributed by atoms with van der Waals surface area (Å²) in [6, 6.07) is 0.205. The Kier molecular flexibility index (Phi) is 4.74. The van der Waals surface area contributed by atoms with Crippen LogP contribution >= 0.6 is 0 Å². The first-order valence-electron chi connectivity index (χ1n) is 6.00. The summed E-state index contributed by atoms with van der Waals surface area (Å²) >= 11 is 0. The van der Waals surface area contributed by atoms with E-state index in [9.17, 15) is 4.79 Å². The van der Waals surface area contributed by atoms with E-state index in [2.05, 4.69) is 12.2 Å². The quantitative estimate of drug-likeness (QED) is 0.763. The number of hydrogen-bond acceptors (Lipinski definition) is 3. The summed E-state index contributed by atoms with van der Waals surface area (Å²) in [7, 11) is 3.58. The van der Waals surface area contributed by atoms with Crippen LogP contribution in [-0.4, -0.2) is 49.7 Å². The van der Waals surface area contributed by atoms with Gasteiger partial charge in [0.05, 0.1) is 5.60 Å². The summed E-state index contributed by atoms with van der Waals surface area (Å²) in [6.45, 7) is 5.87. The second-order valence-electron chi connectivity index (χ2n) is 5.18. The smallest absolute Gasteiger partial charge is 0.223 e. The summed E-state index contributed by atoms with van der Waals surface area (Å²) in [6.07, 6.45) is 2.79. The standard InChI is InChI=1S/C12H24N2O2/c1-10(8-11(15)14(3)4)13-9-12(2)6-5-7-16-12/h10,13H,5-9H2,1-4H3. The average molecular weight is 228 g/mol. The van der Waals surface area contributed by atoms with Gasteiger partial charge in [0, 0.05) is 39.7 Å². The fourth-order valence-electron chi connectivity index (χ4n) is 1.88. The van der Waals surface area contributed by atoms with Crippen molar-refractivity contribution in [3.63, 3.8) is 0 Å². The Balaban J connectivity index is 2.24. The van der Waals surface area contributed by atoms with Crippen LogP contribution in [0.4, 0.5) is 0 Å². The number of ether oxygens (including phenoxy) is 1. The average Bonchev–Trinajstić information content (AvgIpc) is 2.63. The van der Waals surface area contributed by atoms with Gasteiger partial charge in [-0.15, -0.1) is 0 Å². The van der Waals surface area contributed by atoms with E-state index in [0.29, 0.717) is 6.42 Å². The monoisotopic (exact) mass is 228 g/mol. The molecule has 1 aliphatic rings. The summed E-state index contributed by atoms with van der Waals surface area (Å²) in [5.74, 6) is 0.164. The SMILES string of the molecule is CC(CC(=O)N(C)C)NCC1(C)CCCO1. The number of amides is 1. The first-order chi connectivity index (χ1) is 7.43. The zero-order valence-corrected chi connectivity index (χ0v) is 10.9. The summed E-state index contributed by atoms with van der Waals surface area (Å²) in [4.78, 5) is 13.1. The largest absolute Gasteiger partial charge is 0.374 e. The van der Waals surface area contributed by atoms with Gasteiger partial charge in [-0.1, -0.05) is 0 Å². The number of rotatable bonds is 5. The molecule has 1 rings (SSSR count). The van der Waals surface area contributed by atoms with Crippen molar-refractivity contribution < 1.29 is 9.53 Å². The molecule has 0 aliphatic carbocycles. The molecular formula is C12H24N2O2. The molecule has 94 valence electrons. The van der Waals surface area contributed by atoms with Crippen molar-refractivity contribution in [3.05, 3.63) is 0 Å². The van der Waals surface area contributed by atoms with E-state index in [1.54, 1.807) is 19.0 Å². The molecule has 4 nitrogen and oxygen atoms in total. The van der Waals surface area contributed by atoms with Crippen LogP contribution in [0.2, 0.25) is 0 Å². The van der Waals surface area contributed by atoms with Crippen molar-refractivity contribution in [2.45, 2.75) is 44.8 Å². The molecule has 0 aromatic carbocycles. The Morgan fingerprint density at radius 1 is 1.56 bits per heavy atom. The molecule has 2 unspecified atom stereocenters. The van der Waals surface area contributed by atoms with Crippen molar-refractivity contribution in [2.75, 3.05) is 27.2 Å². The first kappa shape index (κ1) is 13.5.